The molecule has 4 heteroatoms. The molecule has 0 saturated heterocycles. The summed E-state index contributed by atoms with van der Waals surface area (Å²) in [5.74, 6) is 0.634. The van der Waals surface area contributed by atoms with Crippen LogP contribution in [0.25, 0.3) is 10.9 Å². The van der Waals surface area contributed by atoms with E-state index >= 15 is 0 Å². The second-order valence-electron chi connectivity index (χ2n) is 4.94. The van der Waals surface area contributed by atoms with Gasteiger partial charge in [0.1, 0.15) is 0 Å². The smallest absolute Gasteiger partial charge is 0.215 e. The molecule has 0 unspecified atom stereocenters. The number of aromatic nitrogens is 1. The minimum absolute atomic E-state index is 0. The van der Waals surface area contributed by atoms with Crippen LogP contribution in [0.2, 0.25) is 0 Å². The van der Waals surface area contributed by atoms with E-state index in [0.29, 0.717) is 18.2 Å². The molecule has 1 N–H and O–H groups in total. The summed E-state index contributed by atoms with van der Waals surface area (Å²) in [6, 6.07) is 19.0. The second kappa shape index (κ2) is 7.40. The van der Waals surface area contributed by atoms with Crippen molar-refractivity contribution < 1.29 is 9.53 Å². The van der Waals surface area contributed by atoms with Crippen molar-refractivity contribution in [3.05, 3.63) is 66.2 Å². The molecule has 0 spiro atoms. The molecular weight excluding hydrogens is 288 g/mol. The van der Waals surface area contributed by atoms with Crippen LogP contribution < -0.4 is 10.1 Å². The highest BCUT2D eigenvalue weighted by atomic mass is 16.5. The average Bonchev–Trinajstić information content (AvgIpc) is 2.55. The van der Waals surface area contributed by atoms with E-state index in [1.54, 1.807) is 19.1 Å². The molecule has 1 heterocycles. The molecule has 0 radical (unpaired) electrons. The molecule has 3 aromatic rings. The van der Waals surface area contributed by atoms with Gasteiger partial charge in [-0.1, -0.05) is 25.6 Å². The number of para-hydroxylation sites is 1. The van der Waals surface area contributed by atoms with Gasteiger partial charge in [-0.05, 0) is 43.3 Å². The van der Waals surface area contributed by atoms with Crippen molar-refractivity contribution in [2.45, 2.75) is 14.4 Å². The number of nitrogens with zero attached hydrogens (tertiary/aromatic N) is 1. The number of ketones is 1. The molecule has 4 nitrogen and oxygen atoms in total. The van der Waals surface area contributed by atoms with Crippen LogP contribution >= 0.6 is 0 Å². The van der Waals surface area contributed by atoms with Gasteiger partial charge in [0.15, 0.2) is 12.5 Å². The van der Waals surface area contributed by atoms with E-state index < -0.39 is 0 Å². The number of benzene rings is 2. The molecule has 3 rings (SSSR count). The summed E-state index contributed by atoms with van der Waals surface area (Å²) < 4.78 is 5.61. The lowest BCUT2D eigenvalue weighted by atomic mass is 10.1. The Morgan fingerprint density at radius 3 is 2.52 bits per heavy atom. The maximum absolute atomic E-state index is 11.2. The normalized spacial score (nSPS) is 9.96. The first-order valence-corrected chi connectivity index (χ1v) is 7.06. The van der Waals surface area contributed by atoms with Crippen molar-refractivity contribution in [1.82, 2.24) is 4.98 Å². The van der Waals surface area contributed by atoms with Crippen LogP contribution in [0.1, 0.15) is 24.7 Å². The lowest BCUT2D eigenvalue weighted by Crippen LogP contribution is -2.09. The number of hydrogen-bond donors (Lipinski definition) is 1. The molecule has 1 aromatic heterocycles. The lowest BCUT2D eigenvalue weighted by molar-refractivity contribution is 0.101. The SMILES string of the molecule is C.CC(=O)c1ccc(NCOc2ccc3ccccc3n2)cc1. The average molecular weight is 308 g/mol. The fourth-order valence-corrected chi connectivity index (χ4v) is 2.14. The summed E-state index contributed by atoms with van der Waals surface area (Å²) in [4.78, 5) is 15.6. The third kappa shape index (κ3) is 4.07. The van der Waals surface area contributed by atoms with Gasteiger partial charge >= 0.3 is 0 Å². The first-order valence-electron chi connectivity index (χ1n) is 7.06. The minimum atomic E-state index is 0. The summed E-state index contributed by atoms with van der Waals surface area (Å²) in [5, 5.41) is 4.22. The number of ether oxygens (including phenoxy) is 1. The van der Waals surface area contributed by atoms with Crippen molar-refractivity contribution >= 4 is 22.4 Å². The number of anilines is 1. The fraction of sp³-hybridized carbons (Fsp3) is 0.158. The highest BCUT2D eigenvalue weighted by molar-refractivity contribution is 5.94. The van der Waals surface area contributed by atoms with Crippen molar-refractivity contribution in [3.8, 4) is 5.88 Å². The summed E-state index contributed by atoms with van der Waals surface area (Å²) >= 11 is 0. The summed E-state index contributed by atoms with van der Waals surface area (Å²) in [6.07, 6.45) is 0. The van der Waals surface area contributed by atoms with E-state index in [9.17, 15) is 4.79 Å². The van der Waals surface area contributed by atoms with Crippen LogP contribution in [-0.2, 0) is 0 Å². The van der Waals surface area contributed by atoms with E-state index in [1.807, 2.05) is 48.5 Å². The van der Waals surface area contributed by atoms with Crippen molar-refractivity contribution in [1.29, 1.82) is 0 Å². The highest BCUT2D eigenvalue weighted by Gasteiger charge is 2.00. The van der Waals surface area contributed by atoms with Gasteiger partial charge in [0.2, 0.25) is 5.88 Å². The fourth-order valence-electron chi connectivity index (χ4n) is 2.14. The Morgan fingerprint density at radius 1 is 1.04 bits per heavy atom. The number of nitrogens with one attached hydrogen (secondary N) is 1. The summed E-state index contributed by atoms with van der Waals surface area (Å²) in [6.45, 7) is 1.86. The molecule has 0 bridgehead atoms. The first-order chi connectivity index (χ1) is 10.7. The van der Waals surface area contributed by atoms with Crippen LogP contribution in [0.3, 0.4) is 0 Å². The Kier molecular flexibility index (Phi) is 5.31. The van der Waals surface area contributed by atoms with Gasteiger partial charge in [0, 0.05) is 22.7 Å². The van der Waals surface area contributed by atoms with Gasteiger partial charge in [-0.3, -0.25) is 4.79 Å². The van der Waals surface area contributed by atoms with Crippen LogP contribution in [0.4, 0.5) is 5.69 Å². The number of pyridine rings is 1. The zero-order valence-electron chi connectivity index (χ0n) is 12.2. The molecule has 2 aromatic carbocycles. The van der Waals surface area contributed by atoms with E-state index in [0.717, 1.165) is 16.6 Å². The largest absolute Gasteiger partial charge is 0.456 e. The predicted octanol–water partition coefficient (Wildman–Crippen LogP) is 4.52. The Balaban J connectivity index is 0.00000192. The van der Waals surface area contributed by atoms with Crippen molar-refractivity contribution in [2.24, 2.45) is 0 Å². The monoisotopic (exact) mass is 308 g/mol. The minimum Gasteiger partial charge on any atom is -0.456 e. The third-order valence-corrected chi connectivity index (χ3v) is 3.36. The summed E-state index contributed by atoms with van der Waals surface area (Å²) in [5.41, 5.74) is 2.50. The zero-order chi connectivity index (χ0) is 15.4. The Hall–Kier alpha value is -2.88. The van der Waals surface area contributed by atoms with Gasteiger partial charge in [-0.25, -0.2) is 4.98 Å². The number of Topliss-reactive ketones (excluding diaryl/α,β-unsaturated/α-hetero) is 1. The van der Waals surface area contributed by atoms with E-state index in [-0.39, 0.29) is 13.2 Å². The summed E-state index contributed by atoms with van der Waals surface area (Å²) in [7, 11) is 0. The predicted molar refractivity (Wildman–Crippen MR) is 94.0 cm³/mol. The maximum Gasteiger partial charge on any atom is 0.215 e. The van der Waals surface area contributed by atoms with Gasteiger partial charge in [0.25, 0.3) is 0 Å². The van der Waals surface area contributed by atoms with Crippen LogP contribution in [0.5, 0.6) is 5.88 Å². The molecule has 0 aliphatic heterocycles. The van der Waals surface area contributed by atoms with E-state index in [4.69, 9.17) is 4.74 Å². The molecule has 23 heavy (non-hydrogen) atoms. The molecule has 0 atom stereocenters. The van der Waals surface area contributed by atoms with Gasteiger partial charge in [-0.15, -0.1) is 0 Å². The molecule has 0 fully saturated rings. The van der Waals surface area contributed by atoms with E-state index in [1.165, 1.54) is 0 Å². The number of carbonyl (C=O) groups excluding carboxylic acids is 1. The molecule has 0 saturated carbocycles. The molecule has 0 aliphatic carbocycles. The molecule has 0 aliphatic rings. The molecular formula is C19H20N2O2. The topological polar surface area (TPSA) is 51.2 Å². The Morgan fingerprint density at radius 2 is 1.78 bits per heavy atom. The highest BCUT2D eigenvalue weighted by Crippen LogP contribution is 2.16. The Bertz CT molecular complexity index is 798. The number of rotatable bonds is 5. The quantitative estimate of drug-likeness (QED) is 0.556. The number of fused-ring (bicyclic) bond motifs is 1. The maximum atomic E-state index is 11.2. The lowest BCUT2D eigenvalue weighted by Gasteiger charge is -2.09. The van der Waals surface area contributed by atoms with Gasteiger partial charge < -0.3 is 10.1 Å². The molecule has 0 amide bonds. The Labute approximate surface area is 136 Å². The third-order valence-electron chi connectivity index (χ3n) is 3.36. The second-order valence-corrected chi connectivity index (χ2v) is 4.94. The van der Waals surface area contributed by atoms with Crippen molar-refractivity contribution in [3.63, 3.8) is 0 Å². The van der Waals surface area contributed by atoms with Crippen LogP contribution in [0, 0.1) is 0 Å². The van der Waals surface area contributed by atoms with Crippen LogP contribution in [-0.4, -0.2) is 17.5 Å². The zero-order valence-corrected chi connectivity index (χ0v) is 12.2. The van der Waals surface area contributed by atoms with E-state index in [2.05, 4.69) is 10.3 Å². The number of carbonyl (C=O) groups is 1. The number of hydrogen-bond acceptors (Lipinski definition) is 4. The molecule has 118 valence electrons. The van der Waals surface area contributed by atoms with Crippen molar-refractivity contribution in [2.75, 3.05) is 12.0 Å². The van der Waals surface area contributed by atoms with Gasteiger partial charge in [-0.2, -0.15) is 0 Å². The standard InChI is InChI=1S/C18H16N2O2.CH4/c1-13(21)14-6-9-16(10-7-14)19-12-22-18-11-8-15-4-2-3-5-17(15)20-18;/h2-11,19H,12H2,1H3;1H4. The van der Waals surface area contributed by atoms with Gasteiger partial charge in [0.05, 0.1) is 5.52 Å². The first kappa shape index (κ1) is 16.5. The van der Waals surface area contributed by atoms with Crippen LogP contribution in [0.15, 0.2) is 60.7 Å².